The standard InChI is InChI=1S/C15H19N3O2S/c1-11-8-12-4-3-5-13(14(12)17-9-11)21(19,20)18-15(2)6-7-16-10-15/h3-5,8-9,16,18H,6-7,10H2,1-2H3. The highest BCUT2D eigenvalue weighted by atomic mass is 32.2. The quantitative estimate of drug-likeness (QED) is 0.903. The summed E-state index contributed by atoms with van der Waals surface area (Å²) in [4.78, 5) is 4.55. The van der Waals surface area contributed by atoms with Crippen LogP contribution in [0.15, 0.2) is 35.4 Å². The molecule has 1 aliphatic rings. The van der Waals surface area contributed by atoms with Crippen LogP contribution in [0.5, 0.6) is 0 Å². The van der Waals surface area contributed by atoms with Gasteiger partial charge in [-0.15, -0.1) is 0 Å². The third-order valence-electron chi connectivity index (χ3n) is 3.85. The highest BCUT2D eigenvalue weighted by Crippen LogP contribution is 2.24. The fourth-order valence-corrected chi connectivity index (χ4v) is 4.36. The van der Waals surface area contributed by atoms with Crippen LogP contribution < -0.4 is 10.0 Å². The van der Waals surface area contributed by atoms with Gasteiger partial charge in [-0.1, -0.05) is 12.1 Å². The maximum atomic E-state index is 12.7. The van der Waals surface area contributed by atoms with E-state index in [1.807, 2.05) is 26.0 Å². The lowest BCUT2D eigenvalue weighted by atomic mass is 10.0. The minimum atomic E-state index is -3.59. The molecule has 2 aromatic rings. The van der Waals surface area contributed by atoms with E-state index in [-0.39, 0.29) is 4.90 Å². The van der Waals surface area contributed by atoms with E-state index in [9.17, 15) is 8.42 Å². The molecule has 0 radical (unpaired) electrons. The zero-order chi connectivity index (χ0) is 15.1. The molecule has 0 spiro atoms. The van der Waals surface area contributed by atoms with Crippen LogP contribution in [0.3, 0.4) is 0 Å². The van der Waals surface area contributed by atoms with Crippen molar-refractivity contribution in [3.05, 3.63) is 36.0 Å². The summed E-state index contributed by atoms with van der Waals surface area (Å²) >= 11 is 0. The first-order valence-electron chi connectivity index (χ1n) is 7.00. The lowest BCUT2D eigenvalue weighted by Gasteiger charge is -2.24. The topological polar surface area (TPSA) is 71.1 Å². The Balaban J connectivity index is 2.06. The van der Waals surface area contributed by atoms with E-state index in [0.29, 0.717) is 12.1 Å². The Bertz CT molecular complexity index is 781. The molecule has 1 atom stereocenters. The number of sulfonamides is 1. The molecule has 0 amide bonds. The number of benzene rings is 1. The largest absolute Gasteiger partial charge is 0.315 e. The van der Waals surface area contributed by atoms with Crippen molar-refractivity contribution in [3.8, 4) is 0 Å². The zero-order valence-electron chi connectivity index (χ0n) is 12.2. The molecule has 0 saturated carbocycles. The molecule has 1 saturated heterocycles. The van der Waals surface area contributed by atoms with Crippen LogP contribution in [0.4, 0.5) is 0 Å². The van der Waals surface area contributed by atoms with Crippen molar-refractivity contribution in [1.82, 2.24) is 15.0 Å². The van der Waals surface area contributed by atoms with Crippen molar-refractivity contribution < 1.29 is 8.42 Å². The monoisotopic (exact) mass is 305 g/mol. The molecule has 5 nitrogen and oxygen atoms in total. The Kier molecular flexibility index (Phi) is 3.47. The van der Waals surface area contributed by atoms with Gasteiger partial charge in [-0.2, -0.15) is 0 Å². The van der Waals surface area contributed by atoms with Crippen LogP contribution in [0.1, 0.15) is 18.9 Å². The van der Waals surface area contributed by atoms with E-state index < -0.39 is 15.6 Å². The van der Waals surface area contributed by atoms with Gasteiger partial charge in [0, 0.05) is 23.7 Å². The summed E-state index contributed by atoms with van der Waals surface area (Å²) in [6.07, 6.45) is 2.48. The molecule has 2 heterocycles. The highest BCUT2D eigenvalue weighted by molar-refractivity contribution is 7.89. The Morgan fingerprint density at radius 2 is 2.19 bits per heavy atom. The van der Waals surface area contributed by atoms with Gasteiger partial charge in [0.1, 0.15) is 4.90 Å². The number of rotatable bonds is 3. The number of hydrogen-bond acceptors (Lipinski definition) is 4. The van der Waals surface area contributed by atoms with Crippen LogP contribution >= 0.6 is 0 Å². The normalized spacial score (nSPS) is 22.8. The van der Waals surface area contributed by atoms with Crippen LogP contribution in [-0.4, -0.2) is 32.0 Å². The second-order valence-corrected chi connectivity index (χ2v) is 7.58. The molecule has 112 valence electrons. The molecule has 1 aliphatic heterocycles. The highest BCUT2D eigenvalue weighted by Gasteiger charge is 2.34. The smallest absolute Gasteiger partial charge is 0.243 e. The zero-order valence-corrected chi connectivity index (χ0v) is 13.0. The van der Waals surface area contributed by atoms with E-state index in [4.69, 9.17) is 0 Å². The summed E-state index contributed by atoms with van der Waals surface area (Å²) in [6.45, 7) is 5.33. The van der Waals surface area contributed by atoms with Gasteiger partial charge >= 0.3 is 0 Å². The van der Waals surface area contributed by atoms with Crippen molar-refractivity contribution in [2.45, 2.75) is 30.7 Å². The number of aryl methyl sites for hydroxylation is 1. The predicted octanol–water partition coefficient (Wildman–Crippen LogP) is 1.57. The van der Waals surface area contributed by atoms with Gasteiger partial charge in [0.25, 0.3) is 0 Å². The summed E-state index contributed by atoms with van der Waals surface area (Å²) in [5.41, 5.74) is 1.09. The fraction of sp³-hybridized carbons (Fsp3) is 0.400. The Hall–Kier alpha value is -1.50. The fourth-order valence-electron chi connectivity index (χ4n) is 2.74. The average molecular weight is 305 g/mol. The molecule has 1 fully saturated rings. The second-order valence-electron chi connectivity index (χ2n) is 5.93. The summed E-state index contributed by atoms with van der Waals surface area (Å²) in [6, 6.07) is 7.19. The maximum absolute atomic E-state index is 12.7. The van der Waals surface area contributed by atoms with Crippen molar-refractivity contribution in [1.29, 1.82) is 0 Å². The van der Waals surface area contributed by atoms with Gasteiger partial charge in [0.15, 0.2) is 0 Å². The number of para-hydroxylation sites is 1. The van der Waals surface area contributed by atoms with Crippen LogP contribution in [-0.2, 0) is 10.0 Å². The van der Waals surface area contributed by atoms with E-state index in [2.05, 4.69) is 15.0 Å². The molecule has 0 aliphatic carbocycles. The van der Waals surface area contributed by atoms with Crippen LogP contribution in [0.2, 0.25) is 0 Å². The SMILES string of the molecule is Cc1cnc2c(S(=O)(=O)NC3(C)CCNC3)cccc2c1. The Morgan fingerprint density at radius 1 is 1.38 bits per heavy atom. The lowest BCUT2D eigenvalue weighted by molar-refractivity contribution is 0.452. The van der Waals surface area contributed by atoms with Gasteiger partial charge in [-0.3, -0.25) is 4.98 Å². The number of aromatic nitrogens is 1. The van der Waals surface area contributed by atoms with Crippen LogP contribution in [0.25, 0.3) is 10.9 Å². The molecule has 0 bridgehead atoms. The number of pyridine rings is 1. The minimum absolute atomic E-state index is 0.244. The molecule has 21 heavy (non-hydrogen) atoms. The maximum Gasteiger partial charge on any atom is 0.243 e. The first-order valence-corrected chi connectivity index (χ1v) is 8.48. The van der Waals surface area contributed by atoms with Gasteiger partial charge in [0.2, 0.25) is 10.0 Å². The number of fused-ring (bicyclic) bond motifs is 1. The summed E-state index contributed by atoms with van der Waals surface area (Å²) in [5, 5.41) is 4.03. The van der Waals surface area contributed by atoms with Crippen LogP contribution in [0, 0.1) is 6.92 Å². The second kappa shape index (κ2) is 5.05. The van der Waals surface area contributed by atoms with E-state index in [1.165, 1.54) is 0 Å². The molecule has 1 aromatic heterocycles. The number of nitrogens with zero attached hydrogens (tertiary/aromatic N) is 1. The molecule has 2 N–H and O–H groups in total. The average Bonchev–Trinajstić information content (AvgIpc) is 2.83. The third kappa shape index (κ3) is 2.79. The van der Waals surface area contributed by atoms with Gasteiger partial charge in [-0.05, 0) is 44.5 Å². The van der Waals surface area contributed by atoms with Crippen molar-refractivity contribution in [2.24, 2.45) is 0 Å². The molecule has 6 heteroatoms. The lowest BCUT2D eigenvalue weighted by Crippen LogP contribution is -2.47. The predicted molar refractivity (Wildman–Crippen MR) is 82.7 cm³/mol. The van der Waals surface area contributed by atoms with Crippen molar-refractivity contribution >= 4 is 20.9 Å². The first-order chi connectivity index (χ1) is 9.90. The molecular weight excluding hydrogens is 286 g/mol. The van der Waals surface area contributed by atoms with Gasteiger partial charge in [-0.25, -0.2) is 13.1 Å². The summed E-state index contributed by atoms with van der Waals surface area (Å²) in [5.74, 6) is 0. The Labute approximate surface area is 124 Å². The van der Waals surface area contributed by atoms with E-state index in [1.54, 1.807) is 18.3 Å². The van der Waals surface area contributed by atoms with Crippen molar-refractivity contribution in [3.63, 3.8) is 0 Å². The molecular formula is C15H19N3O2S. The van der Waals surface area contributed by atoms with Gasteiger partial charge < -0.3 is 5.32 Å². The summed E-state index contributed by atoms with van der Waals surface area (Å²) in [7, 11) is -3.59. The minimum Gasteiger partial charge on any atom is -0.315 e. The van der Waals surface area contributed by atoms with Crippen molar-refractivity contribution in [2.75, 3.05) is 13.1 Å². The first kappa shape index (κ1) is 14.4. The number of hydrogen-bond donors (Lipinski definition) is 2. The van der Waals surface area contributed by atoms with E-state index >= 15 is 0 Å². The molecule has 1 unspecified atom stereocenters. The Morgan fingerprint density at radius 3 is 2.90 bits per heavy atom. The molecule has 3 rings (SSSR count). The third-order valence-corrected chi connectivity index (χ3v) is 5.52. The molecule has 1 aromatic carbocycles. The van der Waals surface area contributed by atoms with E-state index in [0.717, 1.165) is 23.9 Å². The summed E-state index contributed by atoms with van der Waals surface area (Å²) < 4.78 is 28.3. The van der Waals surface area contributed by atoms with Gasteiger partial charge in [0.05, 0.1) is 5.52 Å². The number of nitrogens with one attached hydrogen (secondary N) is 2.